The highest BCUT2D eigenvalue weighted by molar-refractivity contribution is 6.39. The molecule has 0 fully saturated rings. The van der Waals surface area contributed by atoms with E-state index in [1.807, 2.05) is 0 Å². The number of oxime groups is 1. The molecule has 1 amide bonds. The highest BCUT2D eigenvalue weighted by Crippen LogP contribution is 2.30. The zero-order valence-electron chi connectivity index (χ0n) is 13.7. The largest absolute Gasteiger partial charge is 0.390 e. The average Bonchev–Trinajstić information content (AvgIpc) is 3.20. The molecule has 130 valence electrons. The van der Waals surface area contributed by atoms with Crippen LogP contribution in [0.25, 0.3) is 11.3 Å². The third-order valence-corrected chi connectivity index (χ3v) is 4.18. The number of Topliss-reactive ketones (excluding diaryl/α,β-unsaturated/α-hetero) is 1. The maximum Gasteiger partial charge on any atom is 0.257 e. The molecule has 0 unspecified atom stereocenters. The molecule has 1 aliphatic heterocycles. The van der Waals surface area contributed by atoms with Gasteiger partial charge in [0.05, 0.1) is 11.6 Å². The molecular formula is C17H16ClN3O4. The summed E-state index contributed by atoms with van der Waals surface area (Å²) < 4.78 is 5.18. The number of carbonyl (C=O) groups is 2. The molecule has 0 aliphatic carbocycles. The van der Waals surface area contributed by atoms with E-state index in [2.05, 4.69) is 15.6 Å². The van der Waals surface area contributed by atoms with Crippen LogP contribution >= 0.6 is 11.6 Å². The van der Waals surface area contributed by atoms with Crippen molar-refractivity contribution in [2.45, 2.75) is 26.4 Å². The van der Waals surface area contributed by atoms with Crippen molar-refractivity contribution < 1.29 is 18.9 Å². The fraction of sp³-hybridized carbons (Fsp3) is 0.294. The molecule has 0 bridgehead atoms. The lowest BCUT2D eigenvalue weighted by molar-refractivity contribution is -0.111. The molecule has 0 saturated heterocycles. The van der Waals surface area contributed by atoms with Gasteiger partial charge < -0.3 is 14.7 Å². The third kappa shape index (κ3) is 3.56. The molecule has 0 saturated carbocycles. The molecule has 1 aromatic carbocycles. The normalized spacial score (nSPS) is 16.3. The van der Waals surface area contributed by atoms with Gasteiger partial charge >= 0.3 is 0 Å². The van der Waals surface area contributed by atoms with Crippen LogP contribution in [-0.4, -0.2) is 35.2 Å². The molecular weight excluding hydrogens is 346 g/mol. The van der Waals surface area contributed by atoms with Gasteiger partial charge in [-0.15, -0.1) is 0 Å². The Morgan fingerprint density at radius 1 is 1.36 bits per heavy atom. The van der Waals surface area contributed by atoms with Gasteiger partial charge in [-0.05, 0) is 13.0 Å². The van der Waals surface area contributed by atoms with Crippen molar-refractivity contribution in [2.75, 3.05) is 6.54 Å². The zero-order valence-corrected chi connectivity index (χ0v) is 14.5. The first-order valence-corrected chi connectivity index (χ1v) is 8.08. The predicted octanol–water partition coefficient (Wildman–Crippen LogP) is 2.77. The smallest absolute Gasteiger partial charge is 0.257 e. The fourth-order valence-electron chi connectivity index (χ4n) is 2.52. The minimum Gasteiger partial charge on any atom is -0.390 e. The molecule has 0 radical (unpaired) electrons. The Bertz CT molecular complexity index is 859. The topological polar surface area (TPSA) is 93.8 Å². The number of rotatable bonds is 5. The van der Waals surface area contributed by atoms with Gasteiger partial charge in [0.2, 0.25) is 0 Å². The Morgan fingerprint density at radius 2 is 2.12 bits per heavy atom. The second kappa shape index (κ2) is 7.06. The van der Waals surface area contributed by atoms with Gasteiger partial charge in [0.1, 0.15) is 22.7 Å². The minimum absolute atomic E-state index is 0.135. The SMILES string of the molecule is CC(=O)C1=NO[C@@H](CNC(=O)c2c(-c3ccccc3Cl)noc2C)C1. The van der Waals surface area contributed by atoms with Gasteiger partial charge in [0.15, 0.2) is 11.9 Å². The number of amides is 1. The van der Waals surface area contributed by atoms with E-state index in [9.17, 15) is 9.59 Å². The van der Waals surface area contributed by atoms with Crippen LogP contribution in [0.5, 0.6) is 0 Å². The summed E-state index contributed by atoms with van der Waals surface area (Å²) in [4.78, 5) is 29.0. The van der Waals surface area contributed by atoms with Crippen LogP contribution in [0.15, 0.2) is 33.9 Å². The molecule has 1 aliphatic rings. The molecule has 1 N–H and O–H groups in total. The van der Waals surface area contributed by atoms with Gasteiger partial charge in [0, 0.05) is 18.9 Å². The van der Waals surface area contributed by atoms with Crippen molar-refractivity contribution in [3.05, 3.63) is 40.6 Å². The highest BCUT2D eigenvalue weighted by atomic mass is 35.5. The quantitative estimate of drug-likeness (QED) is 0.883. The molecule has 2 aromatic rings. The average molecular weight is 362 g/mol. The molecule has 7 nitrogen and oxygen atoms in total. The number of carbonyl (C=O) groups excluding carboxylic acids is 2. The van der Waals surface area contributed by atoms with E-state index in [-0.39, 0.29) is 24.3 Å². The molecule has 25 heavy (non-hydrogen) atoms. The highest BCUT2D eigenvalue weighted by Gasteiger charge is 2.27. The molecule has 8 heteroatoms. The number of nitrogens with one attached hydrogen (secondary N) is 1. The number of aromatic nitrogens is 1. The second-order valence-corrected chi connectivity index (χ2v) is 6.09. The van der Waals surface area contributed by atoms with Gasteiger partial charge in [-0.3, -0.25) is 9.59 Å². The maximum atomic E-state index is 12.6. The summed E-state index contributed by atoms with van der Waals surface area (Å²) in [5.74, 6) is -0.0984. The third-order valence-electron chi connectivity index (χ3n) is 3.85. The van der Waals surface area contributed by atoms with Crippen molar-refractivity contribution in [2.24, 2.45) is 5.16 Å². The van der Waals surface area contributed by atoms with Crippen molar-refractivity contribution in [3.8, 4) is 11.3 Å². The number of aryl methyl sites for hydroxylation is 1. The van der Waals surface area contributed by atoms with Crippen molar-refractivity contribution >= 4 is 29.0 Å². The second-order valence-electron chi connectivity index (χ2n) is 5.68. The molecule has 2 heterocycles. The summed E-state index contributed by atoms with van der Waals surface area (Å²) in [6.07, 6.45) is 0.00192. The monoisotopic (exact) mass is 361 g/mol. The summed E-state index contributed by atoms with van der Waals surface area (Å²) in [6.45, 7) is 3.30. The summed E-state index contributed by atoms with van der Waals surface area (Å²) in [5.41, 5.74) is 1.69. The summed E-state index contributed by atoms with van der Waals surface area (Å²) in [5, 5.41) is 10.9. The summed E-state index contributed by atoms with van der Waals surface area (Å²) >= 11 is 6.19. The first-order valence-electron chi connectivity index (χ1n) is 7.70. The lowest BCUT2D eigenvalue weighted by Crippen LogP contribution is -2.33. The van der Waals surface area contributed by atoms with E-state index in [0.29, 0.717) is 39.7 Å². The number of benzene rings is 1. The van der Waals surface area contributed by atoms with Crippen LogP contribution in [0.1, 0.15) is 29.5 Å². The predicted molar refractivity (Wildman–Crippen MR) is 91.6 cm³/mol. The molecule has 1 atom stereocenters. The number of halogens is 1. The van der Waals surface area contributed by atoms with Crippen LogP contribution in [0.2, 0.25) is 5.02 Å². The van der Waals surface area contributed by atoms with Crippen LogP contribution in [0.4, 0.5) is 0 Å². The Morgan fingerprint density at radius 3 is 2.80 bits per heavy atom. The van der Waals surface area contributed by atoms with Gasteiger partial charge in [0.25, 0.3) is 5.91 Å². The van der Waals surface area contributed by atoms with E-state index in [1.165, 1.54) is 6.92 Å². The Labute approximate surface area is 149 Å². The Kier molecular flexibility index (Phi) is 4.85. The van der Waals surface area contributed by atoms with E-state index >= 15 is 0 Å². The summed E-state index contributed by atoms with van der Waals surface area (Å²) in [7, 11) is 0. The van der Waals surface area contributed by atoms with Crippen LogP contribution < -0.4 is 5.32 Å². The standard InChI is InChI=1S/C17H16ClN3O4/c1-9(22)14-7-11(25-20-14)8-19-17(23)15-10(2)24-21-16(15)12-5-3-4-6-13(12)18/h3-6,11H,7-8H2,1-2H3,(H,19,23)/t11-/m1/s1. The van der Waals surface area contributed by atoms with Gasteiger partial charge in [-0.25, -0.2) is 0 Å². The van der Waals surface area contributed by atoms with Gasteiger partial charge in [-0.2, -0.15) is 0 Å². The maximum absolute atomic E-state index is 12.6. The van der Waals surface area contributed by atoms with Gasteiger partial charge in [-0.1, -0.05) is 40.1 Å². The Balaban J connectivity index is 1.73. The lowest BCUT2D eigenvalue weighted by Gasteiger charge is -2.10. The van der Waals surface area contributed by atoms with E-state index in [0.717, 1.165) is 0 Å². The number of hydrogen-bond donors (Lipinski definition) is 1. The van der Waals surface area contributed by atoms with Crippen LogP contribution in [0.3, 0.4) is 0 Å². The van der Waals surface area contributed by atoms with E-state index in [4.69, 9.17) is 21.0 Å². The van der Waals surface area contributed by atoms with Crippen LogP contribution in [0, 0.1) is 6.92 Å². The molecule has 0 spiro atoms. The number of hydrogen-bond acceptors (Lipinski definition) is 6. The molecule has 3 rings (SSSR count). The minimum atomic E-state index is -0.369. The first kappa shape index (κ1) is 17.2. The first-order chi connectivity index (χ1) is 12.0. The zero-order chi connectivity index (χ0) is 18.0. The van der Waals surface area contributed by atoms with E-state index < -0.39 is 0 Å². The number of ketones is 1. The molecule has 1 aromatic heterocycles. The van der Waals surface area contributed by atoms with Crippen molar-refractivity contribution in [1.82, 2.24) is 10.5 Å². The van der Waals surface area contributed by atoms with E-state index in [1.54, 1.807) is 31.2 Å². The van der Waals surface area contributed by atoms with Crippen LogP contribution in [-0.2, 0) is 9.63 Å². The lowest BCUT2D eigenvalue weighted by atomic mass is 10.1. The number of nitrogens with zero attached hydrogens (tertiary/aromatic N) is 2. The summed E-state index contributed by atoms with van der Waals surface area (Å²) in [6, 6.07) is 7.08. The Hall–Kier alpha value is -2.67. The fourth-order valence-corrected chi connectivity index (χ4v) is 2.74. The van der Waals surface area contributed by atoms with Crippen molar-refractivity contribution in [1.29, 1.82) is 0 Å². The van der Waals surface area contributed by atoms with Crippen molar-refractivity contribution in [3.63, 3.8) is 0 Å².